The lowest BCUT2D eigenvalue weighted by atomic mass is 9.97. The van der Waals surface area contributed by atoms with Crippen LogP contribution in [0.15, 0.2) is 66.7 Å². The summed E-state index contributed by atoms with van der Waals surface area (Å²) < 4.78 is 44.0. The monoisotopic (exact) mass is 398 g/mol. The van der Waals surface area contributed by atoms with Crippen LogP contribution in [0.3, 0.4) is 0 Å². The Kier molecular flexibility index (Phi) is 4.66. The molecule has 29 heavy (non-hydrogen) atoms. The van der Waals surface area contributed by atoms with E-state index < -0.39 is 11.7 Å². The predicted molar refractivity (Wildman–Crippen MR) is 104 cm³/mol. The number of carbonyl (C=O) groups is 1. The lowest BCUT2D eigenvalue weighted by molar-refractivity contribution is -0.137. The molecule has 1 aliphatic heterocycles. The fourth-order valence-electron chi connectivity index (χ4n) is 3.33. The summed E-state index contributed by atoms with van der Waals surface area (Å²) in [6.07, 6.45) is -3.84. The first-order chi connectivity index (χ1) is 13.8. The Bertz CT molecular complexity index is 1050. The molecule has 148 valence electrons. The number of benzene rings is 3. The second kappa shape index (κ2) is 7.16. The van der Waals surface area contributed by atoms with Crippen molar-refractivity contribution in [3.8, 4) is 11.5 Å². The number of nitrogen functional groups attached to an aromatic ring is 1. The number of hydrogen-bond donors (Lipinski definition) is 1. The third-order valence-electron chi connectivity index (χ3n) is 4.81. The summed E-state index contributed by atoms with van der Waals surface area (Å²) in [6.45, 7) is 0.461. The number of ether oxygens (including phenoxy) is 1. The van der Waals surface area contributed by atoms with Crippen molar-refractivity contribution in [2.45, 2.75) is 12.6 Å². The number of rotatable bonds is 3. The van der Waals surface area contributed by atoms with E-state index in [2.05, 4.69) is 0 Å². The molecule has 1 amide bonds. The number of nitrogens with zero attached hydrogens (tertiary/aromatic N) is 1. The highest BCUT2D eigenvalue weighted by atomic mass is 19.4. The SMILES string of the molecule is Nc1ccc(N2CCc3c(Oc4ccc(C(F)(F)F)cc4)cccc3C2=O)cc1. The van der Waals surface area contributed by atoms with Crippen molar-refractivity contribution >= 4 is 17.3 Å². The Morgan fingerprint density at radius 2 is 1.62 bits per heavy atom. The quantitative estimate of drug-likeness (QED) is 0.611. The molecule has 3 aromatic carbocycles. The van der Waals surface area contributed by atoms with Gasteiger partial charge < -0.3 is 15.4 Å². The molecule has 0 aromatic heterocycles. The summed E-state index contributed by atoms with van der Waals surface area (Å²) in [5.74, 6) is 0.585. The normalized spacial score (nSPS) is 13.9. The highest BCUT2D eigenvalue weighted by Crippen LogP contribution is 2.35. The minimum atomic E-state index is -4.40. The van der Waals surface area contributed by atoms with Crippen LogP contribution in [0.4, 0.5) is 24.5 Å². The number of hydrogen-bond acceptors (Lipinski definition) is 3. The molecular weight excluding hydrogens is 381 g/mol. The molecule has 1 heterocycles. The fraction of sp³-hybridized carbons (Fsp3) is 0.136. The Balaban J connectivity index is 1.60. The van der Waals surface area contributed by atoms with Gasteiger partial charge in [0.1, 0.15) is 11.5 Å². The van der Waals surface area contributed by atoms with E-state index in [0.29, 0.717) is 30.0 Å². The molecule has 0 atom stereocenters. The lowest BCUT2D eigenvalue weighted by Gasteiger charge is -2.29. The number of amides is 1. The second-order valence-electron chi connectivity index (χ2n) is 6.70. The summed E-state index contributed by atoms with van der Waals surface area (Å²) in [7, 11) is 0. The van der Waals surface area contributed by atoms with Crippen molar-refractivity contribution in [1.82, 2.24) is 0 Å². The van der Waals surface area contributed by atoms with Gasteiger partial charge in [-0.1, -0.05) is 6.07 Å². The highest BCUT2D eigenvalue weighted by Gasteiger charge is 2.30. The first kappa shape index (κ1) is 18.9. The van der Waals surface area contributed by atoms with E-state index in [0.717, 1.165) is 23.4 Å². The van der Waals surface area contributed by atoms with Gasteiger partial charge in [0.2, 0.25) is 0 Å². The van der Waals surface area contributed by atoms with Gasteiger partial charge in [0.25, 0.3) is 5.91 Å². The van der Waals surface area contributed by atoms with Gasteiger partial charge in [-0.05, 0) is 67.1 Å². The van der Waals surface area contributed by atoms with E-state index in [9.17, 15) is 18.0 Å². The maximum Gasteiger partial charge on any atom is 0.416 e. The Morgan fingerprint density at radius 1 is 0.931 bits per heavy atom. The van der Waals surface area contributed by atoms with E-state index in [1.807, 2.05) is 0 Å². The van der Waals surface area contributed by atoms with Crippen LogP contribution in [0.1, 0.15) is 21.5 Å². The van der Waals surface area contributed by atoms with Crippen LogP contribution in [-0.2, 0) is 12.6 Å². The molecule has 0 saturated heterocycles. The molecule has 0 aliphatic carbocycles. The Morgan fingerprint density at radius 3 is 2.28 bits per heavy atom. The van der Waals surface area contributed by atoms with E-state index in [4.69, 9.17) is 10.5 Å². The third kappa shape index (κ3) is 3.76. The van der Waals surface area contributed by atoms with Crippen molar-refractivity contribution < 1.29 is 22.7 Å². The number of nitrogens with two attached hydrogens (primary N) is 1. The number of anilines is 2. The van der Waals surface area contributed by atoms with Gasteiger partial charge >= 0.3 is 6.18 Å². The molecule has 0 spiro atoms. The molecule has 4 rings (SSSR count). The van der Waals surface area contributed by atoms with Gasteiger partial charge in [0.15, 0.2) is 0 Å². The van der Waals surface area contributed by atoms with Crippen molar-refractivity contribution in [1.29, 1.82) is 0 Å². The van der Waals surface area contributed by atoms with Gasteiger partial charge in [-0.15, -0.1) is 0 Å². The van der Waals surface area contributed by atoms with Crippen LogP contribution in [0.2, 0.25) is 0 Å². The average molecular weight is 398 g/mol. The van der Waals surface area contributed by atoms with E-state index in [1.54, 1.807) is 47.4 Å². The molecule has 0 radical (unpaired) electrons. The van der Waals surface area contributed by atoms with Gasteiger partial charge in [0.05, 0.1) is 5.56 Å². The van der Waals surface area contributed by atoms with Gasteiger partial charge in [-0.2, -0.15) is 13.2 Å². The summed E-state index contributed by atoms with van der Waals surface area (Å²) in [5, 5.41) is 0. The Hall–Kier alpha value is -3.48. The zero-order valence-electron chi connectivity index (χ0n) is 15.2. The van der Waals surface area contributed by atoms with Gasteiger partial charge in [-0.3, -0.25) is 4.79 Å². The van der Waals surface area contributed by atoms with Crippen molar-refractivity contribution in [3.05, 3.63) is 83.4 Å². The highest BCUT2D eigenvalue weighted by molar-refractivity contribution is 6.08. The van der Waals surface area contributed by atoms with Gasteiger partial charge in [0, 0.05) is 29.0 Å². The van der Waals surface area contributed by atoms with Crippen molar-refractivity contribution in [2.75, 3.05) is 17.2 Å². The number of alkyl halides is 3. The van der Waals surface area contributed by atoms with Crippen molar-refractivity contribution in [2.24, 2.45) is 0 Å². The first-order valence-corrected chi connectivity index (χ1v) is 8.97. The van der Waals surface area contributed by atoms with Crippen LogP contribution in [0.25, 0.3) is 0 Å². The molecule has 1 aliphatic rings. The molecule has 4 nitrogen and oxygen atoms in total. The van der Waals surface area contributed by atoms with E-state index >= 15 is 0 Å². The topological polar surface area (TPSA) is 55.6 Å². The smallest absolute Gasteiger partial charge is 0.416 e. The molecule has 3 aromatic rings. The zero-order chi connectivity index (χ0) is 20.6. The number of carbonyl (C=O) groups excluding carboxylic acids is 1. The average Bonchev–Trinajstić information content (AvgIpc) is 2.69. The third-order valence-corrected chi connectivity index (χ3v) is 4.81. The minimum Gasteiger partial charge on any atom is -0.457 e. The molecule has 0 fully saturated rings. The largest absolute Gasteiger partial charge is 0.457 e. The first-order valence-electron chi connectivity index (χ1n) is 8.97. The number of halogens is 3. The summed E-state index contributed by atoms with van der Waals surface area (Å²) in [6, 6.07) is 16.7. The van der Waals surface area contributed by atoms with Gasteiger partial charge in [-0.25, -0.2) is 0 Å². The maximum absolute atomic E-state index is 13.0. The molecular formula is C22H17F3N2O2. The minimum absolute atomic E-state index is 0.158. The molecule has 7 heteroatoms. The predicted octanol–water partition coefficient (Wildman–Crippen LogP) is 5.28. The standard InChI is InChI=1S/C22H17F3N2O2/c23-22(24,25)14-4-10-17(11-5-14)29-20-3-1-2-19-18(20)12-13-27(21(19)28)16-8-6-15(26)7-9-16/h1-11H,12-13,26H2. The summed E-state index contributed by atoms with van der Waals surface area (Å²) in [4.78, 5) is 14.6. The van der Waals surface area contributed by atoms with E-state index in [1.165, 1.54) is 12.1 Å². The zero-order valence-corrected chi connectivity index (χ0v) is 15.2. The molecule has 2 N–H and O–H groups in total. The molecule has 0 bridgehead atoms. The summed E-state index contributed by atoms with van der Waals surface area (Å²) in [5.41, 5.74) is 7.59. The second-order valence-corrected chi connectivity index (χ2v) is 6.70. The van der Waals surface area contributed by atoms with E-state index in [-0.39, 0.29) is 11.7 Å². The van der Waals surface area contributed by atoms with Crippen LogP contribution in [-0.4, -0.2) is 12.5 Å². The Labute approximate surface area is 165 Å². The van der Waals surface area contributed by atoms with Crippen LogP contribution < -0.4 is 15.4 Å². The molecule has 0 saturated carbocycles. The van der Waals surface area contributed by atoms with Crippen LogP contribution in [0, 0.1) is 0 Å². The molecule has 0 unspecified atom stereocenters. The number of fused-ring (bicyclic) bond motifs is 1. The lowest BCUT2D eigenvalue weighted by Crippen LogP contribution is -2.37. The summed E-state index contributed by atoms with van der Waals surface area (Å²) >= 11 is 0. The fourth-order valence-corrected chi connectivity index (χ4v) is 3.33. The van der Waals surface area contributed by atoms with Crippen LogP contribution >= 0.6 is 0 Å². The van der Waals surface area contributed by atoms with Crippen LogP contribution in [0.5, 0.6) is 11.5 Å². The maximum atomic E-state index is 13.0. The van der Waals surface area contributed by atoms with Crippen molar-refractivity contribution in [3.63, 3.8) is 0 Å².